The van der Waals surface area contributed by atoms with Crippen LogP contribution < -0.4 is 10.1 Å². The largest absolute Gasteiger partial charge is 0.491 e. The summed E-state index contributed by atoms with van der Waals surface area (Å²) in [5.74, 6) is 0.405. The van der Waals surface area contributed by atoms with Crippen LogP contribution in [0.25, 0.3) is 6.08 Å². The number of amides is 1. The van der Waals surface area contributed by atoms with Gasteiger partial charge in [-0.1, -0.05) is 30.3 Å². The van der Waals surface area contributed by atoms with E-state index < -0.39 is 0 Å². The Hall–Kier alpha value is -2.92. The predicted molar refractivity (Wildman–Crippen MR) is 97.9 cm³/mol. The Morgan fingerprint density at radius 2 is 1.88 bits per heavy atom. The third-order valence-electron chi connectivity index (χ3n) is 3.31. The molecule has 25 heavy (non-hydrogen) atoms. The molecule has 5 heteroatoms. The van der Waals surface area contributed by atoms with E-state index in [1.165, 1.54) is 13.0 Å². The lowest BCUT2D eigenvalue weighted by Crippen LogP contribution is -2.06. The highest BCUT2D eigenvalue weighted by molar-refractivity contribution is 6.07. The molecule has 0 saturated heterocycles. The smallest absolute Gasteiger partial charge is 0.221 e. The van der Waals surface area contributed by atoms with E-state index in [1.54, 1.807) is 37.5 Å². The Kier molecular flexibility index (Phi) is 6.92. The summed E-state index contributed by atoms with van der Waals surface area (Å²) >= 11 is 0. The van der Waals surface area contributed by atoms with E-state index in [9.17, 15) is 9.59 Å². The van der Waals surface area contributed by atoms with E-state index in [1.807, 2.05) is 24.3 Å². The van der Waals surface area contributed by atoms with Crippen LogP contribution in [0.5, 0.6) is 5.75 Å². The van der Waals surface area contributed by atoms with Gasteiger partial charge in [-0.2, -0.15) is 0 Å². The van der Waals surface area contributed by atoms with Gasteiger partial charge in [0.05, 0.1) is 6.61 Å². The quantitative estimate of drug-likeness (QED) is 0.454. The number of allylic oxidation sites excluding steroid dienone is 1. The second-order valence-electron chi connectivity index (χ2n) is 5.37. The first-order valence-electron chi connectivity index (χ1n) is 7.90. The highest BCUT2D eigenvalue weighted by Gasteiger charge is 2.04. The van der Waals surface area contributed by atoms with Gasteiger partial charge >= 0.3 is 0 Å². The Labute approximate surface area is 147 Å². The molecule has 0 aliphatic carbocycles. The fourth-order valence-electron chi connectivity index (χ4n) is 2.17. The van der Waals surface area contributed by atoms with Gasteiger partial charge in [-0.05, 0) is 35.9 Å². The van der Waals surface area contributed by atoms with Gasteiger partial charge in [0.15, 0.2) is 5.78 Å². The fraction of sp³-hybridized carbons (Fsp3) is 0.200. The monoisotopic (exact) mass is 339 g/mol. The molecule has 2 aromatic rings. The summed E-state index contributed by atoms with van der Waals surface area (Å²) in [4.78, 5) is 23.4. The summed E-state index contributed by atoms with van der Waals surface area (Å²) in [5, 5.41) is 2.66. The van der Waals surface area contributed by atoms with Crippen molar-refractivity contribution in [2.45, 2.75) is 6.92 Å². The number of nitrogens with one attached hydrogen (secondary N) is 1. The molecule has 0 spiro atoms. The molecule has 0 aromatic heterocycles. The highest BCUT2D eigenvalue weighted by atomic mass is 16.5. The van der Waals surface area contributed by atoms with E-state index in [2.05, 4.69) is 5.32 Å². The molecule has 130 valence electrons. The summed E-state index contributed by atoms with van der Waals surface area (Å²) in [6, 6.07) is 14.3. The van der Waals surface area contributed by atoms with Crippen LogP contribution in [-0.2, 0) is 9.53 Å². The van der Waals surface area contributed by atoms with Crippen molar-refractivity contribution in [1.82, 2.24) is 0 Å². The van der Waals surface area contributed by atoms with Gasteiger partial charge in [0.1, 0.15) is 12.4 Å². The number of benzene rings is 2. The molecule has 0 radical (unpaired) electrons. The van der Waals surface area contributed by atoms with E-state index in [-0.39, 0.29) is 11.7 Å². The maximum Gasteiger partial charge on any atom is 0.221 e. The molecule has 0 bridgehead atoms. The van der Waals surface area contributed by atoms with Crippen LogP contribution in [0, 0.1) is 0 Å². The minimum Gasteiger partial charge on any atom is -0.491 e. The van der Waals surface area contributed by atoms with Crippen molar-refractivity contribution in [1.29, 1.82) is 0 Å². The Balaban J connectivity index is 2.04. The van der Waals surface area contributed by atoms with Crippen molar-refractivity contribution < 1.29 is 19.1 Å². The summed E-state index contributed by atoms with van der Waals surface area (Å²) in [5.41, 5.74) is 1.97. The van der Waals surface area contributed by atoms with Crippen LogP contribution in [0.1, 0.15) is 22.8 Å². The molecule has 0 fully saturated rings. The van der Waals surface area contributed by atoms with E-state index in [0.29, 0.717) is 24.5 Å². The molecular weight excluding hydrogens is 318 g/mol. The molecule has 0 atom stereocenters. The van der Waals surface area contributed by atoms with Gasteiger partial charge in [-0.15, -0.1) is 0 Å². The first kappa shape index (κ1) is 18.4. The maximum absolute atomic E-state index is 12.3. The number of ether oxygens (including phenoxy) is 2. The van der Waals surface area contributed by atoms with Crippen molar-refractivity contribution in [3.05, 3.63) is 65.7 Å². The lowest BCUT2D eigenvalue weighted by molar-refractivity contribution is -0.114. The second-order valence-corrected chi connectivity index (χ2v) is 5.37. The first-order valence-corrected chi connectivity index (χ1v) is 7.90. The molecule has 0 aliphatic heterocycles. The number of carbonyl (C=O) groups is 2. The van der Waals surface area contributed by atoms with Crippen molar-refractivity contribution in [3.63, 3.8) is 0 Å². The standard InChI is InChI=1S/C20H21NO4/c1-15(22)21-18-7-4-6-17(14-18)20(23)10-9-16-5-3-8-19(13-16)25-12-11-24-2/h3-10,13-14H,11-12H2,1-2H3,(H,21,22)/b10-9+. The number of methoxy groups -OCH3 is 1. The minimum atomic E-state index is -0.176. The Bertz CT molecular complexity index is 768. The molecule has 0 aliphatic rings. The van der Waals surface area contributed by atoms with Crippen LogP contribution in [0.3, 0.4) is 0 Å². The number of anilines is 1. The molecule has 2 aromatic carbocycles. The average Bonchev–Trinajstić information content (AvgIpc) is 2.60. The number of ketones is 1. The van der Waals surface area contributed by atoms with Gasteiger partial charge in [0, 0.05) is 25.3 Å². The second kappa shape index (κ2) is 9.39. The molecule has 0 unspecified atom stereocenters. The first-order chi connectivity index (χ1) is 12.1. The third kappa shape index (κ3) is 6.24. The number of hydrogen-bond donors (Lipinski definition) is 1. The summed E-state index contributed by atoms with van der Waals surface area (Å²) in [7, 11) is 1.62. The van der Waals surface area contributed by atoms with Crippen molar-refractivity contribution >= 4 is 23.5 Å². The molecule has 0 heterocycles. The van der Waals surface area contributed by atoms with Crippen LogP contribution in [-0.4, -0.2) is 32.0 Å². The van der Waals surface area contributed by atoms with Crippen LogP contribution in [0.15, 0.2) is 54.6 Å². The summed E-state index contributed by atoms with van der Waals surface area (Å²) in [6.45, 7) is 2.41. The summed E-state index contributed by atoms with van der Waals surface area (Å²) in [6.07, 6.45) is 3.23. The van der Waals surface area contributed by atoms with E-state index in [0.717, 1.165) is 11.3 Å². The highest BCUT2D eigenvalue weighted by Crippen LogP contribution is 2.16. The zero-order valence-corrected chi connectivity index (χ0v) is 14.3. The van der Waals surface area contributed by atoms with Crippen LogP contribution in [0.4, 0.5) is 5.69 Å². The fourth-order valence-corrected chi connectivity index (χ4v) is 2.17. The van der Waals surface area contributed by atoms with Crippen molar-refractivity contribution in [2.75, 3.05) is 25.6 Å². The zero-order valence-electron chi connectivity index (χ0n) is 14.3. The van der Waals surface area contributed by atoms with Crippen molar-refractivity contribution in [2.24, 2.45) is 0 Å². The number of carbonyl (C=O) groups excluding carboxylic acids is 2. The molecule has 1 amide bonds. The molecule has 2 rings (SSSR count). The normalized spacial score (nSPS) is 10.6. The topological polar surface area (TPSA) is 64.6 Å². The van der Waals surface area contributed by atoms with E-state index in [4.69, 9.17) is 9.47 Å². The Morgan fingerprint density at radius 3 is 2.64 bits per heavy atom. The lowest BCUT2D eigenvalue weighted by Gasteiger charge is -2.06. The molecular formula is C20H21NO4. The van der Waals surface area contributed by atoms with Gasteiger partial charge in [0.2, 0.25) is 5.91 Å². The number of rotatable bonds is 8. The van der Waals surface area contributed by atoms with E-state index >= 15 is 0 Å². The molecule has 5 nitrogen and oxygen atoms in total. The summed E-state index contributed by atoms with van der Waals surface area (Å²) < 4.78 is 10.5. The third-order valence-corrected chi connectivity index (χ3v) is 3.31. The SMILES string of the molecule is COCCOc1cccc(/C=C/C(=O)c2cccc(NC(C)=O)c2)c1. The lowest BCUT2D eigenvalue weighted by atomic mass is 10.1. The van der Waals surface area contributed by atoms with Gasteiger partial charge < -0.3 is 14.8 Å². The zero-order chi connectivity index (χ0) is 18.1. The average molecular weight is 339 g/mol. The maximum atomic E-state index is 12.3. The van der Waals surface area contributed by atoms with Gasteiger partial charge in [-0.3, -0.25) is 9.59 Å². The predicted octanol–water partition coefficient (Wildman–Crippen LogP) is 3.57. The number of hydrogen-bond acceptors (Lipinski definition) is 4. The Morgan fingerprint density at radius 1 is 1.08 bits per heavy atom. The van der Waals surface area contributed by atoms with Crippen LogP contribution in [0.2, 0.25) is 0 Å². The minimum absolute atomic E-state index is 0.141. The molecule has 0 saturated carbocycles. The van der Waals surface area contributed by atoms with Crippen LogP contribution >= 0.6 is 0 Å². The molecule has 1 N–H and O–H groups in total. The van der Waals surface area contributed by atoms with Crippen molar-refractivity contribution in [3.8, 4) is 5.75 Å². The van der Waals surface area contributed by atoms with Gasteiger partial charge in [0.25, 0.3) is 0 Å². The van der Waals surface area contributed by atoms with Gasteiger partial charge in [-0.25, -0.2) is 0 Å².